The van der Waals surface area contributed by atoms with Crippen LogP contribution in [-0.4, -0.2) is 41.1 Å². The summed E-state index contributed by atoms with van der Waals surface area (Å²) in [6.45, 7) is 8.37. The van der Waals surface area contributed by atoms with Crippen LogP contribution in [0.4, 0.5) is 10.5 Å². The van der Waals surface area contributed by atoms with Crippen LogP contribution in [0.1, 0.15) is 45.0 Å². The molecule has 0 saturated heterocycles. The maximum Gasteiger partial charge on any atom is 0.339 e. The topological polar surface area (TPSA) is 137 Å². The second-order valence-electron chi connectivity index (χ2n) is 6.61. The normalized spacial score (nSPS) is 11.9. The minimum atomic E-state index is -1.28. The van der Waals surface area contributed by atoms with Gasteiger partial charge in [0.25, 0.3) is 5.91 Å². The van der Waals surface area contributed by atoms with E-state index in [1.807, 2.05) is 0 Å². The van der Waals surface area contributed by atoms with E-state index in [4.69, 9.17) is 9.47 Å². The summed E-state index contributed by atoms with van der Waals surface area (Å²) in [7, 11) is 0. The average Bonchev–Trinajstić information content (AvgIpc) is 2.53. The van der Waals surface area contributed by atoms with E-state index in [-0.39, 0.29) is 17.9 Å². The molecule has 0 aliphatic heterocycles. The van der Waals surface area contributed by atoms with Crippen molar-refractivity contribution in [2.45, 2.75) is 46.3 Å². The molecule has 0 saturated carbocycles. The molecule has 148 valence electrons. The molecule has 0 aromatic heterocycles. The Hall–Kier alpha value is -3.17. The molecule has 3 amide bonds. The number of benzene rings is 1. The average molecular weight is 381 g/mol. The number of urea groups is 1. The van der Waals surface area contributed by atoms with Crippen molar-refractivity contribution in [1.82, 2.24) is 10.6 Å². The molecule has 0 spiro atoms. The molecule has 1 aromatic carbocycles. The largest absolute Gasteiger partial charge is 0.487 e. The maximum absolute atomic E-state index is 12.2. The molecule has 0 radical (unpaired) electrons. The van der Waals surface area contributed by atoms with Crippen LogP contribution in [0.5, 0.6) is 5.75 Å². The lowest BCUT2D eigenvalue weighted by atomic mass is 10.1. The third-order valence-electron chi connectivity index (χ3n) is 3.07. The van der Waals surface area contributed by atoms with Gasteiger partial charge in [-0.3, -0.25) is 20.2 Å². The highest BCUT2D eigenvalue weighted by atomic mass is 16.6. The number of amides is 3. The molecule has 1 aromatic rings. The van der Waals surface area contributed by atoms with E-state index >= 15 is 0 Å². The SMILES string of the molecule is CCOc1ccc(C(=O)O[C@H](C)C(=O)NC(=O)NC(C)(C)C)cc1[N+](=O)[O-]. The fourth-order valence-electron chi connectivity index (χ4n) is 1.93. The molecule has 2 N–H and O–H groups in total. The zero-order valence-electron chi connectivity index (χ0n) is 15.8. The van der Waals surface area contributed by atoms with Crippen LogP contribution in [0.15, 0.2) is 18.2 Å². The predicted octanol–water partition coefficient (Wildman–Crippen LogP) is 2.16. The van der Waals surface area contributed by atoms with Crippen LogP contribution in [0.2, 0.25) is 0 Å². The molecule has 0 aliphatic rings. The van der Waals surface area contributed by atoms with Gasteiger partial charge in [0.05, 0.1) is 17.1 Å². The van der Waals surface area contributed by atoms with Gasteiger partial charge in [-0.1, -0.05) is 0 Å². The van der Waals surface area contributed by atoms with Gasteiger partial charge in [-0.15, -0.1) is 0 Å². The van der Waals surface area contributed by atoms with Crippen molar-refractivity contribution >= 4 is 23.6 Å². The quantitative estimate of drug-likeness (QED) is 0.437. The van der Waals surface area contributed by atoms with E-state index in [0.29, 0.717) is 0 Å². The van der Waals surface area contributed by atoms with Crippen molar-refractivity contribution in [3.05, 3.63) is 33.9 Å². The van der Waals surface area contributed by atoms with Crippen LogP contribution in [0.25, 0.3) is 0 Å². The van der Waals surface area contributed by atoms with Gasteiger partial charge in [-0.05, 0) is 46.8 Å². The Morgan fingerprint density at radius 2 is 1.89 bits per heavy atom. The first-order valence-corrected chi connectivity index (χ1v) is 8.19. The van der Waals surface area contributed by atoms with E-state index in [9.17, 15) is 24.5 Å². The number of carbonyl (C=O) groups excluding carboxylic acids is 3. The van der Waals surface area contributed by atoms with Crippen molar-refractivity contribution < 1.29 is 28.8 Å². The highest BCUT2D eigenvalue weighted by Crippen LogP contribution is 2.28. The van der Waals surface area contributed by atoms with Crippen LogP contribution in [-0.2, 0) is 9.53 Å². The van der Waals surface area contributed by atoms with Gasteiger partial charge in [0.2, 0.25) is 0 Å². The molecule has 0 heterocycles. The Morgan fingerprint density at radius 1 is 1.26 bits per heavy atom. The molecule has 0 fully saturated rings. The maximum atomic E-state index is 12.2. The number of carbonyl (C=O) groups is 3. The zero-order chi connectivity index (χ0) is 20.8. The van der Waals surface area contributed by atoms with Crippen molar-refractivity contribution in [3.8, 4) is 5.75 Å². The highest BCUT2D eigenvalue weighted by Gasteiger charge is 2.24. The summed E-state index contributed by atoms with van der Waals surface area (Å²) in [5.41, 5.74) is -1.07. The predicted molar refractivity (Wildman–Crippen MR) is 95.6 cm³/mol. The number of nitrogens with zero attached hydrogens (tertiary/aromatic N) is 1. The van der Waals surface area contributed by atoms with Gasteiger partial charge in [0.1, 0.15) is 0 Å². The Kier molecular flexibility index (Phi) is 7.26. The number of nitro groups is 1. The number of esters is 1. The monoisotopic (exact) mass is 381 g/mol. The fourth-order valence-corrected chi connectivity index (χ4v) is 1.93. The number of hydrogen-bond donors (Lipinski definition) is 2. The van der Waals surface area contributed by atoms with Gasteiger partial charge >= 0.3 is 17.7 Å². The lowest BCUT2D eigenvalue weighted by molar-refractivity contribution is -0.385. The van der Waals surface area contributed by atoms with Gasteiger partial charge < -0.3 is 14.8 Å². The van der Waals surface area contributed by atoms with E-state index in [2.05, 4.69) is 10.6 Å². The highest BCUT2D eigenvalue weighted by molar-refractivity contribution is 5.98. The summed E-state index contributed by atoms with van der Waals surface area (Å²) in [4.78, 5) is 46.2. The number of rotatable bonds is 6. The Morgan fingerprint density at radius 3 is 2.41 bits per heavy atom. The van der Waals surface area contributed by atoms with Crippen molar-refractivity contribution in [2.75, 3.05) is 6.61 Å². The number of nitrogens with one attached hydrogen (secondary N) is 2. The van der Waals surface area contributed by atoms with Crippen molar-refractivity contribution in [3.63, 3.8) is 0 Å². The first-order chi connectivity index (χ1) is 12.4. The van der Waals surface area contributed by atoms with E-state index in [0.717, 1.165) is 6.07 Å². The van der Waals surface area contributed by atoms with Crippen LogP contribution in [0.3, 0.4) is 0 Å². The zero-order valence-corrected chi connectivity index (χ0v) is 15.8. The van der Waals surface area contributed by atoms with Crippen molar-refractivity contribution in [1.29, 1.82) is 0 Å². The molecule has 1 atom stereocenters. The standard InChI is InChI=1S/C17H23N3O7/c1-6-26-13-8-7-11(9-12(13)20(24)25)15(22)27-10(2)14(21)18-16(23)19-17(3,4)5/h7-10H,6H2,1-5H3,(H2,18,19,21,23)/t10-/m1/s1. The third-order valence-corrected chi connectivity index (χ3v) is 3.07. The molecule has 0 bridgehead atoms. The lowest BCUT2D eigenvalue weighted by Crippen LogP contribution is -2.50. The molecule has 0 unspecified atom stereocenters. The Labute approximate surface area is 156 Å². The van der Waals surface area contributed by atoms with Crippen LogP contribution < -0.4 is 15.4 Å². The number of hydrogen-bond acceptors (Lipinski definition) is 7. The molecule has 0 aliphatic carbocycles. The summed E-state index contributed by atoms with van der Waals surface area (Å²) in [6.07, 6.45) is -1.28. The van der Waals surface area contributed by atoms with E-state index in [1.165, 1.54) is 19.1 Å². The summed E-state index contributed by atoms with van der Waals surface area (Å²) in [6, 6.07) is 2.84. The Bertz CT molecular complexity index is 741. The minimum absolute atomic E-state index is 0.0173. The second kappa shape index (κ2) is 8.97. The molecule has 10 nitrogen and oxygen atoms in total. The van der Waals surface area contributed by atoms with Gasteiger partial charge in [-0.2, -0.15) is 0 Å². The number of ether oxygens (including phenoxy) is 2. The fraction of sp³-hybridized carbons (Fsp3) is 0.471. The molecule has 10 heteroatoms. The minimum Gasteiger partial charge on any atom is -0.487 e. The molecular formula is C17H23N3O7. The van der Waals surface area contributed by atoms with E-state index < -0.39 is 40.2 Å². The Balaban J connectivity index is 2.80. The van der Waals surface area contributed by atoms with E-state index in [1.54, 1.807) is 27.7 Å². The third kappa shape index (κ3) is 6.92. The first-order valence-electron chi connectivity index (χ1n) is 8.19. The van der Waals surface area contributed by atoms with Gasteiger partial charge in [-0.25, -0.2) is 9.59 Å². The first kappa shape index (κ1) is 21.9. The van der Waals surface area contributed by atoms with Gasteiger partial charge in [0, 0.05) is 11.6 Å². The van der Waals surface area contributed by atoms with Crippen molar-refractivity contribution in [2.24, 2.45) is 0 Å². The number of nitro benzene ring substituents is 1. The summed E-state index contributed by atoms with van der Waals surface area (Å²) in [5.74, 6) is -1.76. The summed E-state index contributed by atoms with van der Waals surface area (Å²) >= 11 is 0. The number of imide groups is 1. The van der Waals surface area contributed by atoms with Crippen LogP contribution >= 0.6 is 0 Å². The van der Waals surface area contributed by atoms with Crippen LogP contribution in [0, 0.1) is 10.1 Å². The smallest absolute Gasteiger partial charge is 0.339 e. The lowest BCUT2D eigenvalue weighted by Gasteiger charge is -2.21. The summed E-state index contributed by atoms with van der Waals surface area (Å²) < 4.78 is 10.1. The summed E-state index contributed by atoms with van der Waals surface area (Å²) in [5, 5.41) is 15.7. The molecular weight excluding hydrogens is 358 g/mol. The molecule has 1 rings (SSSR count). The molecule has 27 heavy (non-hydrogen) atoms. The second-order valence-corrected chi connectivity index (χ2v) is 6.61. The van der Waals surface area contributed by atoms with Gasteiger partial charge in [0.15, 0.2) is 11.9 Å².